The van der Waals surface area contributed by atoms with Gasteiger partial charge in [-0.2, -0.15) is 0 Å². The molecule has 1 heterocycles. The van der Waals surface area contributed by atoms with E-state index < -0.39 is 0 Å². The Bertz CT molecular complexity index is 588. The van der Waals surface area contributed by atoms with Gasteiger partial charge in [0, 0.05) is 12.5 Å². The lowest BCUT2D eigenvalue weighted by atomic mass is 9.92. The summed E-state index contributed by atoms with van der Waals surface area (Å²) in [7, 11) is 1.64. The molecular formula is C19H29ClN2O3. The smallest absolute Gasteiger partial charge is 0.223 e. The van der Waals surface area contributed by atoms with E-state index in [-0.39, 0.29) is 29.6 Å². The van der Waals surface area contributed by atoms with E-state index in [1.807, 2.05) is 18.2 Å². The minimum atomic E-state index is 0. The summed E-state index contributed by atoms with van der Waals surface area (Å²) in [6.45, 7) is 5.36. The number of nitrogens with one attached hydrogen (secondary N) is 2. The van der Waals surface area contributed by atoms with Crippen molar-refractivity contribution in [1.82, 2.24) is 10.6 Å². The molecule has 3 rings (SSSR count). The van der Waals surface area contributed by atoms with Crippen LogP contribution in [0.2, 0.25) is 0 Å². The summed E-state index contributed by atoms with van der Waals surface area (Å²) < 4.78 is 11.1. The van der Waals surface area contributed by atoms with E-state index in [0.29, 0.717) is 13.2 Å². The Labute approximate surface area is 156 Å². The molecule has 0 radical (unpaired) electrons. The summed E-state index contributed by atoms with van der Waals surface area (Å²) in [4.78, 5) is 12.4. The Morgan fingerprint density at radius 3 is 2.76 bits per heavy atom. The van der Waals surface area contributed by atoms with E-state index in [2.05, 4.69) is 17.6 Å². The topological polar surface area (TPSA) is 59.6 Å². The minimum Gasteiger partial charge on any atom is -0.493 e. The maximum atomic E-state index is 12.4. The van der Waals surface area contributed by atoms with Crippen molar-refractivity contribution in [3.63, 3.8) is 0 Å². The summed E-state index contributed by atoms with van der Waals surface area (Å²) in [5.41, 5.74) is 1.31. The molecule has 0 aromatic heterocycles. The van der Waals surface area contributed by atoms with Crippen molar-refractivity contribution in [2.75, 3.05) is 26.8 Å². The van der Waals surface area contributed by atoms with Crippen LogP contribution in [0, 0.1) is 11.3 Å². The van der Waals surface area contributed by atoms with Gasteiger partial charge in [-0.25, -0.2) is 0 Å². The highest BCUT2D eigenvalue weighted by molar-refractivity contribution is 5.85. The van der Waals surface area contributed by atoms with Crippen molar-refractivity contribution in [2.45, 2.75) is 39.2 Å². The maximum Gasteiger partial charge on any atom is 0.223 e. The van der Waals surface area contributed by atoms with Crippen molar-refractivity contribution in [1.29, 1.82) is 0 Å². The predicted octanol–water partition coefficient (Wildman–Crippen LogP) is 2.91. The Balaban J connectivity index is 0.00000225. The predicted molar refractivity (Wildman–Crippen MR) is 101 cm³/mol. The number of hydrogen-bond acceptors (Lipinski definition) is 4. The molecule has 1 saturated carbocycles. The van der Waals surface area contributed by atoms with Gasteiger partial charge in [0.2, 0.25) is 5.91 Å². The first-order valence-electron chi connectivity index (χ1n) is 8.96. The number of ether oxygens (including phenoxy) is 2. The number of piperidine rings is 1. The molecule has 2 fully saturated rings. The van der Waals surface area contributed by atoms with Crippen LogP contribution < -0.4 is 20.1 Å². The number of amides is 1. The summed E-state index contributed by atoms with van der Waals surface area (Å²) in [5.74, 6) is 1.87. The standard InChI is InChI=1S/C19H28N2O3.ClH/c1-3-10-24-16-5-4-14(11-17(16)23-2)13-21-18(22)15-12-19(15)6-8-20-9-7-19;/h4-5,11,15,20H,3,6-10,12-13H2,1-2H3,(H,21,22);1H. The van der Waals surface area contributed by atoms with E-state index in [4.69, 9.17) is 9.47 Å². The first kappa shape index (κ1) is 19.9. The third-order valence-electron chi connectivity index (χ3n) is 5.26. The molecular weight excluding hydrogens is 340 g/mol. The number of methoxy groups -OCH3 is 1. The van der Waals surface area contributed by atoms with Crippen LogP contribution in [0.15, 0.2) is 18.2 Å². The molecule has 1 saturated heterocycles. The van der Waals surface area contributed by atoms with Gasteiger partial charge in [-0.05, 0) is 61.9 Å². The molecule has 25 heavy (non-hydrogen) atoms. The fraction of sp³-hybridized carbons (Fsp3) is 0.632. The first-order chi connectivity index (χ1) is 11.7. The van der Waals surface area contributed by atoms with Crippen molar-refractivity contribution >= 4 is 18.3 Å². The number of rotatable bonds is 7. The first-order valence-corrected chi connectivity index (χ1v) is 8.96. The van der Waals surface area contributed by atoms with Crippen molar-refractivity contribution in [3.05, 3.63) is 23.8 Å². The lowest BCUT2D eigenvalue weighted by Gasteiger charge is -2.23. The summed E-state index contributed by atoms with van der Waals surface area (Å²) in [6, 6.07) is 5.85. The van der Waals surface area contributed by atoms with Gasteiger partial charge in [0.15, 0.2) is 11.5 Å². The number of halogens is 1. The Morgan fingerprint density at radius 2 is 2.08 bits per heavy atom. The third kappa shape index (κ3) is 4.59. The molecule has 2 aliphatic rings. The molecule has 1 unspecified atom stereocenters. The van der Waals surface area contributed by atoms with Gasteiger partial charge < -0.3 is 20.1 Å². The van der Waals surface area contributed by atoms with Gasteiger partial charge in [0.25, 0.3) is 0 Å². The lowest BCUT2D eigenvalue weighted by molar-refractivity contribution is -0.123. The zero-order valence-corrected chi connectivity index (χ0v) is 15.9. The van der Waals surface area contributed by atoms with E-state index in [9.17, 15) is 4.79 Å². The SMILES string of the molecule is CCCOc1ccc(CNC(=O)C2CC23CCNCC3)cc1OC.Cl. The van der Waals surface area contributed by atoms with Gasteiger partial charge >= 0.3 is 0 Å². The highest BCUT2D eigenvalue weighted by atomic mass is 35.5. The van der Waals surface area contributed by atoms with Crippen LogP contribution in [0.1, 0.15) is 38.2 Å². The van der Waals surface area contributed by atoms with Crippen LogP contribution >= 0.6 is 12.4 Å². The molecule has 0 bridgehead atoms. The number of benzene rings is 1. The highest BCUT2D eigenvalue weighted by Gasteiger charge is 2.57. The van der Waals surface area contributed by atoms with E-state index in [1.54, 1.807) is 7.11 Å². The fourth-order valence-electron chi connectivity index (χ4n) is 3.66. The second-order valence-electron chi connectivity index (χ2n) is 6.92. The van der Waals surface area contributed by atoms with Crippen LogP contribution in [0.5, 0.6) is 11.5 Å². The summed E-state index contributed by atoms with van der Waals surface area (Å²) in [6.07, 6.45) is 4.26. The molecule has 1 atom stereocenters. The second kappa shape index (κ2) is 8.77. The summed E-state index contributed by atoms with van der Waals surface area (Å²) in [5, 5.41) is 6.46. The molecule has 5 nitrogen and oxygen atoms in total. The van der Waals surface area contributed by atoms with Gasteiger partial charge in [0.05, 0.1) is 13.7 Å². The Kier molecular flexibility index (Phi) is 6.96. The average Bonchev–Trinajstić information content (AvgIpc) is 3.31. The lowest BCUT2D eigenvalue weighted by Crippen LogP contribution is -2.33. The number of carbonyl (C=O) groups is 1. The molecule has 1 aliphatic carbocycles. The molecule has 140 valence electrons. The molecule has 1 spiro atoms. The quantitative estimate of drug-likeness (QED) is 0.776. The van der Waals surface area contributed by atoms with Gasteiger partial charge in [-0.1, -0.05) is 13.0 Å². The molecule has 1 aromatic carbocycles. The normalized spacial score (nSPS) is 20.5. The Morgan fingerprint density at radius 1 is 1.32 bits per heavy atom. The molecule has 2 N–H and O–H groups in total. The van der Waals surface area contributed by atoms with E-state index >= 15 is 0 Å². The largest absolute Gasteiger partial charge is 0.493 e. The zero-order valence-electron chi connectivity index (χ0n) is 15.1. The van der Waals surface area contributed by atoms with Crippen LogP contribution in [-0.2, 0) is 11.3 Å². The average molecular weight is 369 g/mol. The number of carbonyl (C=O) groups excluding carboxylic acids is 1. The Hall–Kier alpha value is -1.46. The van der Waals surface area contributed by atoms with Crippen molar-refractivity contribution < 1.29 is 14.3 Å². The third-order valence-corrected chi connectivity index (χ3v) is 5.26. The number of hydrogen-bond donors (Lipinski definition) is 2. The van der Waals surface area contributed by atoms with Gasteiger partial charge in [0.1, 0.15) is 0 Å². The fourth-order valence-corrected chi connectivity index (χ4v) is 3.66. The van der Waals surface area contributed by atoms with Crippen LogP contribution in [0.25, 0.3) is 0 Å². The van der Waals surface area contributed by atoms with Crippen LogP contribution in [0.4, 0.5) is 0 Å². The van der Waals surface area contributed by atoms with Crippen LogP contribution in [0.3, 0.4) is 0 Å². The highest BCUT2D eigenvalue weighted by Crippen LogP contribution is 2.58. The second-order valence-corrected chi connectivity index (χ2v) is 6.92. The summed E-state index contributed by atoms with van der Waals surface area (Å²) >= 11 is 0. The molecule has 1 aliphatic heterocycles. The van der Waals surface area contributed by atoms with Crippen molar-refractivity contribution in [2.24, 2.45) is 11.3 Å². The zero-order chi connectivity index (χ0) is 17.0. The van der Waals surface area contributed by atoms with E-state index in [0.717, 1.165) is 55.8 Å². The molecule has 6 heteroatoms. The van der Waals surface area contributed by atoms with Crippen molar-refractivity contribution in [3.8, 4) is 11.5 Å². The molecule has 1 aromatic rings. The van der Waals surface area contributed by atoms with Gasteiger partial charge in [-0.15, -0.1) is 12.4 Å². The minimum absolute atomic E-state index is 0. The van der Waals surface area contributed by atoms with E-state index in [1.165, 1.54) is 0 Å². The maximum absolute atomic E-state index is 12.4. The monoisotopic (exact) mass is 368 g/mol. The van der Waals surface area contributed by atoms with Crippen LogP contribution in [-0.4, -0.2) is 32.7 Å². The van der Waals surface area contributed by atoms with Gasteiger partial charge in [-0.3, -0.25) is 4.79 Å². The molecule has 1 amide bonds.